The molecule has 1 amide bonds. The Kier molecular flexibility index (Phi) is 4.86. The van der Waals surface area contributed by atoms with Crippen molar-refractivity contribution in [2.45, 2.75) is 13.3 Å². The second-order valence-electron chi connectivity index (χ2n) is 5.28. The van der Waals surface area contributed by atoms with Crippen LogP contribution in [0.1, 0.15) is 23.7 Å². The highest BCUT2D eigenvalue weighted by molar-refractivity contribution is 6.08. The number of carbonyl (C=O) groups is 1. The Morgan fingerprint density at radius 1 is 1.17 bits per heavy atom. The fourth-order valence-corrected chi connectivity index (χ4v) is 2.49. The van der Waals surface area contributed by atoms with E-state index in [1.54, 1.807) is 31.0 Å². The maximum absolute atomic E-state index is 12.7. The number of hydrogen-bond donors (Lipinski definition) is 1. The van der Waals surface area contributed by atoms with E-state index in [2.05, 4.69) is 22.2 Å². The minimum atomic E-state index is -0.167. The van der Waals surface area contributed by atoms with Crippen LogP contribution in [0.15, 0.2) is 67.5 Å². The molecule has 2 heterocycles. The Morgan fingerprint density at radius 2 is 2.04 bits per heavy atom. The first kappa shape index (κ1) is 15.7. The average molecular weight is 321 g/mol. The summed E-state index contributed by atoms with van der Waals surface area (Å²) >= 11 is 0. The van der Waals surface area contributed by atoms with Gasteiger partial charge in [-0.3, -0.25) is 14.8 Å². The van der Waals surface area contributed by atoms with Crippen LogP contribution < -0.4 is 10.3 Å². The Labute approximate surface area is 140 Å². The average Bonchev–Trinajstić information content (AvgIpc) is 3.15. The highest BCUT2D eigenvalue weighted by atomic mass is 16.1. The van der Waals surface area contributed by atoms with Crippen LogP contribution in [-0.4, -0.2) is 27.1 Å². The summed E-state index contributed by atoms with van der Waals surface area (Å²) in [7, 11) is 0. The zero-order valence-electron chi connectivity index (χ0n) is 13.5. The van der Waals surface area contributed by atoms with E-state index < -0.39 is 0 Å². The molecule has 1 N–H and O–H groups in total. The van der Waals surface area contributed by atoms with Gasteiger partial charge in [0.2, 0.25) is 0 Å². The van der Waals surface area contributed by atoms with Crippen LogP contribution in [0.2, 0.25) is 0 Å². The Bertz CT molecular complexity index is 786. The van der Waals surface area contributed by atoms with E-state index in [4.69, 9.17) is 0 Å². The number of carbonyl (C=O) groups excluding carboxylic acids is 1. The van der Waals surface area contributed by atoms with Crippen LogP contribution in [0.5, 0.6) is 0 Å². The van der Waals surface area contributed by atoms with Gasteiger partial charge in [0.1, 0.15) is 6.33 Å². The Morgan fingerprint density at radius 3 is 2.75 bits per heavy atom. The molecular weight excluding hydrogens is 302 g/mol. The molecule has 1 aromatic carbocycles. The number of benzene rings is 1. The number of anilines is 2. The molecule has 24 heavy (non-hydrogen) atoms. The molecule has 3 rings (SSSR count). The van der Waals surface area contributed by atoms with Gasteiger partial charge in [-0.25, -0.2) is 9.66 Å². The summed E-state index contributed by atoms with van der Waals surface area (Å²) in [6.07, 6.45) is 9.56. The standard InChI is InChI=1S/C18H19N5O/c1-2-11-23(22-12-10-20-14-22)17-8-4-3-7-16(17)18(24)21-15-6-5-9-19-13-15/h3-10,12-14H,2,11H2,1H3,(H,21,24). The molecule has 6 heteroatoms. The van der Waals surface area contributed by atoms with Gasteiger partial charge >= 0.3 is 0 Å². The summed E-state index contributed by atoms with van der Waals surface area (Å²) in [6.45, 7) is 2.87. The molecule has 2 aromatic heterocycles. The molecule has 3 aromatic rings. The molecule has 0 aliphatic rings. The summed E-state index contributed by atoms with van der Waals surface area (Å²) in [6, 6.07) is 11.1. The predicted molar refractivity (Wildman–Crippen MR) is 93.9 cm³/mol. The minimum Gasteiger partial charge on any atom is -0.321 e. The van der Waals surface area contributed by atoms with Crippen molar-refractivity contribution < 1.29 is 4.79 Å². The van der Waals surface area contributed by atoms with Gasteiger partial charge in [0, 0.05) is 25.1 Å². The van der Waals surface area contributed by atoms with Crippen molar-refractivity contribution in [2.24, 2.45) is 0 Å². The quantitative estimate of drug-likeness (QED) is 0.757. The molecule has 0 saturated carbocycles. The Balaban J connectivity index is 1.93. The van der Waals surface area contributed by atoms with E-state index in [0.717, 1.165) is 18.7 Å². The number of rotatable bonds is 6. The fraction of sp³-hybridized carbons (Fsp3) is 0.167. The molecule has 0 aliphatic carbocycles. The molecule has 0 fully saturated rings. The number of nitrogens with one attached hydrogen (secondary N) is 1. The number of aromatic nitrogens is 3. The SMILES string of the molecule is CCCN(c1ccccc1C(=O)Nc1cccnc1)n1ccnc1. The third-order valence-electron chi connectivity index (χ3n) is 3.55. The summed E-state index contributed by atoms with van der Waals surface area (Å²) in [5.41, 5.74) is 2.10. The lowest BCUT2D eigenvalue weighted by Crippen LogP contribution is -2.31. The van der Waals surface area contributed by atoms with Crippen molar-refractivity contribution >= 4 is 17.3 Å². The maximum atomic E-state index is 12.7. The monoisotopic (exact) mass is 321 g/mol. The van der Waals surface area contributed by atoms with Crippen LogP contribution in [0.4, 0.5) is 11.4 Å². The van der Waals surface area contributed by atoms with E-state index in [-0.39, 0.29) is 5.91 Å². The summed E-state index contributed by atoms with van der Waals surface area (Å²) in [5.74, 6) is -0.167. The van der Waals surface area contributed by atoms with E-state index in [9.17, 15) is 4.79 Å². The second-order valence-corrected chi connectivity index (χ2v) is 5.28. The van der Waals surface area contributed by atoms with Gasteiger partial charge in [-0.15, -0.1) is 0 Å². The molecule has 0 bridgehead atoms. The minimum absolute atomic E-state index is 0.167. The molecule has 0 atom stereocenters. The first-order valence-electron chi connectivity index (χ1n) is 7.85. The van der Waals surface area contributed by atoms with Crippen LogP contribution in [0, 0.1) is 0 Å². The first-order valence-corrected chi connectivity index (χ1v) is 7.85. The molecule has 0 unspecified atom stereocenters. The fourth-order valence-electron chi connectivity index (χ4n) is 2.49. The van der Waals surface area contributed by atoms with Crippen molar-refractivity contribution in [3.05, 3.63) is 73.1 Å². The van der Waals surface area contributed by atoms with E-state index >= 15 is 0 Å². The number of imidazole rings is 1. The molecule has 6 nitrogen and oxygen atoms in total. The topological polar surface area (TPSA) is 63.1 Å². The predicted octanol–water partition coefficient (Wildman–Crippen LogP) is 3.21. The van der Waals surface area contributed by atoms with E-state index in [1.807, 2.05) is 46.2 Å². The van der Waals surface area contributed by atoms with E-state index in [0.29, 0.717) is 11.3 Å². The summed E-state index contributed by atoms with van der Waals surface area (Å²) < 4.78 is 1.89. The van der Waals surface area contributed by atoms with Gasteiger partial charge in [0.25, 0.3) is 5.91 Å². The van der Waals surface area contributed by atoms with Crippen LogP contribution in [0.25, 0.3) is 0 Å². The molecule has 0 aliphatic heterocycles. The Hall–Kier alpha value is -3.15. The summed E-state index contributed by atoms with van der Waals surface area (Å²) in [4.78, 5) is 20.8. The van der Waals surface area contributed by atoms with Gasteiger partial charge in [0.15, 0.2) is 0 Å². The zero-order chi connectivity index (χ0) is 16.8. The van der Waals surface area contributed by atoms with Crippen LogP contribution in [0.3, 0.4) is 0 Å². The van der Waals surface area contributed by atoms with Gasteiger partial charge in [-0.2, -0.15) is 0 Å². The van der Waals surface area contributed by atoms with Gasteiger partial charge in [-0.05, 0) is 30.7 Å². The van der Waals surface area contributed by atoms with Gasteiger partial charge in [-0.1, -0.05) is 19.1 Å². The van der Waals surface area contributed by atoms with Crippen molar-refractivity contribution in [1.82, 2.24) is 14.6 Å². The lowest BCUT2D eigenvalue weighted by atomic mass is 10.1. The third kappa shape index (κ3) is 3.43. The smallest absolute Gasteiger partial charge is 0.257 e. The van der Waals surface area contributed by atoms with Crippen molar-refractivity contribution in [3.63, 3.8) is 0 Å². The molecular formula is C18H19N5O. The highest BCUT2D eigenvalue weighted by Crippen LogP contribution is 2.22. The van der Waals surface area contributed by atoms with Crippen LogP contribution in [-0.2, 0) is 0 Å². The lowest BCUT2D eigenvalue weighted by Gasteiger charge is -2.27. The first-order chi connectivity index (χ1) is 11.8. The molecule has 0 spiro atoms. The molecule has 122 valence electrons. The largest absolute Gasteiger partial charge is 0.321 e. The number of pyridine rings is 1. The maximum Gasteiger partial charge on any atom is 0.257 e. The van der Waals surface area contributed by atoms with Crippen LogP contribution >= 0.6 is 0 Å². The van der Waals surface area contributed by atoms with E-state index in [1.165, 1.54) is 0 Å². The number of para-hydroxylation sites is 1. The number of hydrogen-bond acceptors (Lipinski definition) is 4. The van der Waals surface area contributed by atoms with Crippen molar-refractivity contribution in [2.75, 3.05) is 16.9 Å². The number of nitrogens with zero attached hydrogens (tertiary/aromatic N) is 4. The number of amides is 1. The zero-order valence-corrected chi connectivity index (χ0v) is 13.5. The summed E-state index contributed by atoms with van der Waals surface area (Å²) in [5, 5.41) is 4.92. The third-order valence-corrected chi connectivity index (χ3v) is 3.55. The highest BCUT2D eigenvalue weighted by Gasteiger charge is 2.17. The van der Waals surface area contributed by atoms with Gasteiger partial charge < -0.3 is 5.32 Å². The van der Waals surface area contributed by atoms with Gasteiger partial charge in [0.05, 0.1) is 23.1 Å². The second kappa shape index (κ2) is 7.41. The molecule has 0 saturated heterocycles. The van der Waals surface area contributed by atoms with Crippen molar-refractivity contribution in [1.29, 1.82) is 0 Å². The lowest BCUT2D eigenvalue weighted by molar-refractivity contribution is 0.102. The molecule has 0 radical (unpaired) electrons. The van der Waals surface area contributed by atoms with Crippen molar-refractivity contribution in [3.8, 4) is 0 Å². The normalized spacial score (nSPS) is 10.4.